The molecular weight excluding hydrogens is 148 g/mol. The lowest BCUT2D eigenvalue weighted by atomic mass is 10.3. The summed E-state index contributed by atoms with van der Waals surface area (Å²) in [4.78, 5) is 10.1. The molecule has 60 valence electrons. The molecule has 1 aromatic heterocycles. The number of carbonyl (C=O) groups is 1. The molecule has 0 bridgehead atoms. The highest BCUT2D eigenvalue weighted by atomic mass is 16.5. The van der Waals surface area contributed by atoms with Crippen molar-refractivity contribution in [3.8, 4) is 0 Å². The van der Waals surface area contributed by atoms with E-state index in [2.05, 4.69) is 9.68 Å². The number of hydrogen-bond donors (Lipinski definition) is 2. The Hall–Kier alpha value is -1.52. The molecule has 0 aliphatic heterocycles. The highest BCUT2D eigenvalue weighted by Crippen LogP contribution is 2.08. The number of amides is 1. The molecule has 0 atom stereocenters. The third kappa shape index (κ3) is 1.96. The van der Waals surface area contributed by atoms with Crippen molar-refractivity contribution in [1.29, 1.82) is 0 Å². The van der Waals surface area contributed by atoms with E-state index in [1.807, 2.05) is 12.2 Å². The van der Waals surface area contributed by atoms with Gasteiger partial charge in [0.05, 0.1) is 5.69 Å². The largest absolute Gasteiger partial charge is 0.465 e. The van der Waals surface area contributed by atoms with E-state index in [0.717, 1.165) is 12.1 Å². The summed E-state index contributed by atoms with van der Waals surface area (Å²) in [5.74, 6) is 0.161. The molecule has 1 amide bonds. The molecule has 11 heavy (non-hydrogen) atoms. The Bertz CT molecular complexity index is 256. The van der Waals surface area contributed by atoms with Crippen molar-refractivity contribution in [3.05, 3.63) is 11.8 Å². The van der Waals surface area contributed by atoms with Crippen molar-refractivity contribution in [2.75, 3.05) is 5.32 Å². The van der Waals surface area contributed by atoms with Crippen molar-refractivity contribution in [3.63, 3.8) is 0 Å². The fourth-order valence-corrected chi connectivity index (χ4v) is 0.643. The molecule has 0 aliphatic carbocycles. The fourth-order valence-electron chi connectivity index (χ4n) is 0.643. The normalized spacial score (nSPS) is 9.55. The van der Waals surface area contributed by atoms with Crippen molar-refractivity contribution < 1.29 is 14.4 Å². The van der Waals surface area contributed by atoms with Crippen LogP contribution in [-0.4, -0.2) is 16.4 Å². The van der Waals surface area contributed by atoms with Gasteiger partial charge in [0.25, 0.3) is 0 Å². The van der Waals surface area contributed by atoms with Gasteiger partial charge < -0.3 is 9.63 Å². The standard InChI is InChI=1S/C6H8N2O3/c1-2-4-3-5(11-8-4)7-6(9)10/h3,7H,2H2,1H3,(H,9,10). The Kier molecular flexibility index (Phi) is 2.10. The number of anilines is 1. The Morgan fingerprint density at radius 3 is 3.09 bits per heavy atom. The maximum atomic E-state index is 10.1. The zero-order valence-electron chi connectivity index (χ0n) is 6.00. The van der Waals surface area contributed by atoms with Gasteiger partial charge in [0.2, 0.25) is 5.88 Å². The zero-order valence-corrected chi connectivity index (χ0v) is 6.00. The second-order valence-electron chi connectivity index (χ2n) is 1.97. The smallest absolute Gasteiger partial charge is 0.411 e. The molecule has 0 aromatic carbocycles. The van der Waals surface area contributed by atoms with Gasteiger partial charge in [-0.3, -0.25) is 5.32 Å². The first kappa shape index (κ1) is 7.59. The molecule has 2 N–H and O–H groups in total. The summed E-state index contributed by atoms with van der Waals surface area (Å²) in [6.07, 6.45) is -0.422. The van der Waals surface area contributed by atoms with E-state index >= 15 is 0 Å². The van der Waals surface area contributed by atoms with Crippen LogP contribution in [0.25, 0.3) is 0 Å². The number of nitrogens with zero attached hydrogens (tertiary/aromatic N) is 1. The van der Waals surface area contributed by atoms with E-state index in [1.54, 1.807) is 6.07 Å². The number of aromatic nitrogens is 1. The number of carboxylic acid groups (broad SMARTS) is 1. The van der Waals surface area contributed by atoms with Crippen LogP contribution in [0, 0.1) is 0 Å². The van der Waals surface area contributed by atoms with Gasteiger partial charge >= 0.3 is 6.09 Å². The van der Waals surface area contributed by atoms with Gasteiger partial charge in [-0.05, 0) is 6.42 Å². The van der Waals surface area contributed by atoms with E-state index in [1.165, 1.54) is 0 Å². The third-order valence-corrected chi connectivity index (χ3v) is 1.15. The van der Waals surface area contributed by atoms with Gasteiger partial charge in [0.15, 0.2) is 0 Å². The molecule has 0 saturated carbocycles. The van der Waals surface area contributed by atoms with Crippen LogP contribution in [0.3, 0.4) is 0 Å². The van der Waals surface area contributed by atoms with E-state index in [0.29, 0.717) is 0 Å². The van der Waals surface area contributed by atoms with Crippen LogP contribution in [0.15, 0.2) is 10.6 Å². The first-order chi connectivity index (χ1) is 5.22. The predicted molar refractivity (Wildman–Crippen MR) is 37.5 cm³/mol. The van der Waals surface area contributed by atoms with Gasteiger partial charge in [-0.2, -0.15) is 0 Å². The Balaban J connectivity index is 2.65. The topological polar surface area (TPSA) is 75.4 Å². The first-order valence-corrected chi connectivity index (χ1v) is 3.18. The maximum absolute atomic E-state index is 10.1. The molecule has 5 nitrogen and oxygen atoms in total. The summed E-state index contributed by atoms with van der Waals surface area (Å²) >= 11 is 0. The molecule has 1 aromatic rings. The molecule has 1 rings (SSSR count). The van der Waals surface area contributed by atoms with Crippen molar-refractivity contribution in [2.24, 2.45) is 0 Å². The molecule has 0 unspecified atom stereocenters. The Morgan fingerprint density at radius 2 is 2.64 bits per heavy atom. The molecular formula is C6H8N2O3. The number of nitrogens with one attached hydrogen (secondary N) is 1. The van der Waals surface area contributed by atoms with E-state index in [4.69, 9.17) is 5.11 Å². The Morgan fingerprint density at radius 1 is 1.91 bits per heavy atom. The minimum Gasteiger partial charge on any atom is -0.465 e. The minimum atomic E-state index is -1.15. The summed E-state index contributed by atoms with van der Waals surface area (Å²) in [6.45, 7) is 1.91. The lowest BCUT2D eigenvalue weighted by molar-refractivity contribution is 0.208. The maximum Gasteiger partial charge on any atom is 0.411 e. The number of hydrogen-bond acceptors (Lipinski definition) is 3. The number of aryl methyl sites for hydroxylation is 1. The van der Waals surface area contributed by atoms with Crippen molar-refractivity contribution in [1.82, 2.24) is 5.16 Å². The highest BCUT2D eigenvalue weighted by Gasteiger charge is 2.03. The lowest BCUT2D eigenvalue weighted by Gasteiger charge is -1.88. The van der Waals surface area contributed by atoms with Crippen molar-refractivity contribution >= 4 is 12.0 Å². The predicted octanol–water partition coefficient (Wildman–Crippen LogP) is 1.33. The zero-order chi connectivity index (χ0) is 8.27. The molecule has 0 saturated heterocycles. The van der Waals surface area contributed by atoms with Gasteiger partial charge in [0, 0.05) is 6.07 Å². The molecule has 1 heterocycles. The monoisotopic (exact) mass is 156 g/mol. The second kappa shape index (κ2) is 3.05. The average Bonchev–Trinajstić information content (AvgIpc) is 2.34. The Labute approximate surface area is 63.0 Å². The summed E-state index contributed by atoms with van der Waals surface area (Å²) in [5, 5.41) is 13.9. The van der Waals surface area contributed by atoms with Crippen LogP contribution < -0.4 is 5.32 Å². The average molecular weight is 156 g/mol. The van der Waals surface area contributed by atoms with Gasteiger partial charge in [-0.25, -0.2) is 4.79 Å². The first-order valence-electron chi connectivity index (χ1n) is 3.18. The van der Waals surface area contributed by atoms with Crippen LogP contribution in [0.1, 0.15) is 12.6 Å². The second-order valence-corrected chi connectivity index (χ2v) is 1.97. The quantitative estimate of drug-likeness (QED) is 0.677. The minimum absolute atomic E-state index is 0.161. The highest BCUT2D eigenvalue weighted by molar-refractivity contribution is 5.80. The van der Waals surface area contributed by atoms with Gasteiger partial charge in [0.1, 0.15) is 0 Å². The van der Waals surface area contributed by atoms with Crippen molar-refractivity contribution in [2.45, 2.75) is 13.3 Å². The molecule has 0 fully saturated rings. The fraction of sp³-hybridized carbons (Fsp3) is 0.333. The molecule has 5 heteroatoms. The molecule has 0 radical (unpaired) electrons. The summed E-state index contributed by atoms with van der Waals surface area (Å²) < 4.78 is 4.62. The van der Waals surface area contributed by atoms with Gasteiger partial charge in [-0.15, -0.1) is 0 Å². The van der Waals surface area contributed by atoms with Crippen LogP contribution in [-0.2, 0) is 6.42 Å². The van der Waals surface area contributed by atoms with Crippen LogP contribution in [0.2, 0.25) is 0 Å². The summed E-state index contributed by atoms with van der Waals surface area (Å²) in [7, 11) is 0. The van der Waals surface area contributed by atoms with E-state index in [-0.39, 0.29) is 5.88 Å². The third-order valence-electron chi connectivity index (χ3n) is 1.15. The van der Waals surface area contributed by atoms with Crippen LogP contribution in [0.4, 0.5) is 10.7 Å². The summed E-state index contributed by atoms with van der Waals surface area (Å²) in [6, 6.07) is 1.55. The van der Waals surface area contributed by atoms with Crippen LogP contribution >= 0.6 is 0 Å². The van der Waals surface area contributed by atoms with Crippen LogP contribution in [0.5, 0.6) is 0 Å². The number of rotatable bonds is 2. The van der Waals surface area contributed by atoms with E-state index in [9.17, 15) is 4.79 Å². The molecule has 0 aliphatic rings. The summed E-state index contributed by atoms with van der Waals surface area (Å²) in [5.41, 5.74) is 0.730. The molecule has 0 spiro atoms. The van der Waals surface area contributed by atoms with E-state index < -0.39 is 6.09 Å². The lowest BCUT2D eigenvalue weighted by Crippen LogP contribution is -2.05. The van der Waals surface area contributed by atoms with Gasteiger partial charge in [-0.1, -0.05) is 12.1 Å². The SMILES string of the molecule is CCc1cc(NC(=O)O)on1.